The first-order valence-corrected chi connectivity index (χ1v) is 9.50. The fraction of sp³-hybridized carbons (Fsp3) is 0.188. The lowest BCUT2D eigenvalue weighted by molar-refractivity contribution is -0.384. The van der Waals surface area contributed by atoms with Gasteiger partial charge >= 0.3 is 0 Å². The van der Waals surface area contributed by atoms with Gasteiger partial charge in [-0.3, -0.25) is 10.1 Å². The number of benzene rings is 2. The summed E-state index contributed by atoms with van der Waals surface area (Å²) in [5.74, 6) is -0.0631. The predicted molar refractivity (Wildman–Crippen MR) is 96.3 cm³/mol. The van der Waals surface area contributed by atoms with Crippen molar-refractivity contribution in [3.8, 4) is 0 Å². The standard InChI is InChI=1S/C16H15ClFN3O4S/c17-11-1-2-16(12-3-5-13(18)6-4-12)19-20-26(24,25)15-9-7-14(8-10-15)21(22)23/h3-10,20H,1-2,11H2/b19-16+. The van der Waals surface area contributed by atoms with Crippen LogP contribution in [0, 0.1) is 15.9 Å². The smallest absolute Gasteiger partial charge is 0.258 e. The summed E-state index contributed by atoms with van der Waals surface area (Å²) in [5, 5.41) is 14.6. The van der Waals surface area contributed by atoms with Crippen LogP contribution in [0.1, 0.15) is 18.4 Å². The molecule has 0 aliphatic rings. The zero-order valence-electron chi connectivity index (χ0n) is 13.4. The summed E-state index contributed by atoms with van der Waals surface area (Å²) in [5.41, 5.74) is 0.737. The van der Waals surface area contributed by atoms with Gasteiger partial charge in [0.15, 0.2) is 0 Å². The Kier molecular flexibility index (Phi) is 6.64. The van der Waals surface area contributed by atoms with Gasteiger partial charge in [-0.05, 0) is 42.7 Å². The van der Waals surface area contributed by atoms with Crippen LogP contribution in [-0.2, 0) is 10.0 Å². The van der Waals surface area contributed by atoms with Gasteiger partial charge in [0.25, 0.3) is 15.7 Å². The first-order valence-electron chi connectivity index (χ1n) is 7.48. The first kappa shape index (κ1) is 19.8. The van der Waals surface area contributed by atoms with Gasteiger partial charge in [-0.15, -0.1) is 11.6 Å². The van der Waals surface area contributed by atoms with Gasteiger partial charge in [-0.1, -0.05) is 12.1 Å². The van der Waals surface area contributed by atoms with E-state index in [2.05, 4.69) is 9.93 Å². The Morgan fingerprint density at radius 3 is 2.31 bits per heavy atom. The van der Waals surface area contributed by atoms with Crippen LogP contribution < -0.4 is 4.83 Å². The molecule has 0 aliphatic carbocycles. The van der Waals surface area contributed by atoms with Crippen LogP contribution in [0.3, 0.4) is 0 Å². The molecule has 0 fully saturated rings. The molecule has 2 aromatic rings. The molecule has 0 spiro atoms. The largest absolute Gasteiger partial charge is 0.276 e. The molecule has 26 heavy (non-hydrogen) atoms. The summed E-state index contributed by atoms with van der Waals surface area (Å²) in [7, 11) is -4.01. The molecule has 1 N–H and O–H groups in total. The minimum absolute atomic E-state index is 0.164. The lowest BCUT2D eigenvalue weighted by atomic mass is 10.1. The molecule has 0 amide bonds. The molecule has 0 heterocycles. The fourth-order valence-corrected chi connectivity index (χ4v) is 3.02. The van der Waals surface area contributed by atoms with Crippen LogP contribution in [0.25, 0.3) is 0 Å². The van der Waals surface area contributed by atoms with Gasteiger partial charge < -0.3 is 0 Å². The molecule has 0 aliphatic heterocycles. The molecule has 2 aromatic carbocycles. The number of hydrogen-bond acceptors (Lipinski definition) is 5. The van der Waals surface area contributed by atoms with Crippen molar-refractivity contribution in [2.75, 3.05) is 5.88 Å². The van der Waals surface area contributed by atoms with E-state index >= 15 is 0 Å². The number of halogens is 2. The maximum atomic E-state index is 13.1. The van der Waals surface area contributed by atoms with Gasteiger partial charge in [0.1, 0.15) is 5.82 Å². The summed E-state index contributed by atoms with van der Waals surface area (Å²) < 4.78 is 37.7. The average molecular weight is 400 g/mol. The Labute approximate surface area is 154 Å². The number of hydrogen-bond donors (Lipinski definition) is 1. The Morgan fingerprint density at radius 2 is 1.77 bits per heavy atom. The molecule has 10 heteroatoms. The molecule has 0 atom stereocenters. The molecule has 7 nitrogen and oxygen atoms in total. The fourth-order valence-electron chi connectivity index (χ4n) is 2.06. The Morgan fingerprint density at radius 1 is 1.15 bits per heavy atom. The maximum absolute atomic E-state index is 13.1. The molecule has 2 rings (SSSR count). The van der Waals surface area contributed by atoms with Gasteiger partial charge in [-0.25, -0.2) is 4.39 Å². The second-order valence-corrected chi connectivity index (χ2v) is 7.24. The van der Waals surface area contributed by atoms with Crippen molar-refractivity contribution >= 4 is 33.0 Å². The Bertz CT molecular complexity index is 900. The number of hydrazone groups is 1. The molecule has 0 saturated heterocycles. The zero-order chi connectivity index (χ0) is 19.2. The molecular weight excluding hydrogens is 385 g/mol. The highest BCUT2D eigenvalue weighted by Crippen LogP contribution is 2.16. The number of nitro benzene ring substituents is 1. The summed E-state index contributed by atoms with van der Waals surface area (Å²) in [6, 6.07) is 9.88. The number of nitro groups is 1. The van der Waals surface area contributed by atoms with Crippen molar-refractivity contribution in [3.63, 3.8) is 0 Å². The van der Waals surface area contributed by atoms with Crippen LogP contribution in [0.15, 0.2) is 58.5 Å². The number of alkyl halides is 1. The highest BCUT2D eigenvalue weighted by Gasteiger charge is 2.16. The van der Waals surface area contributed by atoms with Gasteiger partial charge in [0.2, 0.25) is 0 Å². The quantitative estimate of drug-likeness (QED) is 0.318. The van der Waals surface area contributed by atoms with Gasteiger partial charge in [0.05, 0.1) is 15.5 Å². The predicted octanol–water partition coefficient (Wildman–Crippen LogP) is 3.44. The number of sulfonamides is 1. The highest BCUT2D eigenvalue weighted by molar-refractivity contribution is 7.89. The van der Waals surface area contributed by atoms with Crippen LogP contribution in [0.2, 0.25) is 0 Å². The second-order valence-electron chi connectivity index (χ2n) is 5.20. The van der Waals surface area contributed by atoms with Crippen LogP contribution in [-0.4, -0.2) is 24.9 Å². The second kappa shape index (κ2) is 8.72. The number of nitrogens with zero attached hydrogens (tertiary/aromatic N) is 2. The monoisotopic (exact) mass is 399 g/mol. The Hall–Kier alpha value is -2.52. The third-order valence-electron chi connectivity index (χ3n) is 3.38. The van der Waals surface area contributed by atoms with Crippen molar-refractivity contribution in [2.45, 2.75) is 17.7 Å². The molecule has 138 valence electrons. The SMILES string of the molecule is O=[N+]([O-])c1ccc(S(=O)(=O)N/N=C(\CCCCl)c2ccc(F)cc2)cc1. The molecule has 0 aromatic heterocycles. The molecule has 0 bridgehead atoms. The van der Waals surface area contributed by atoms with Crippen molar-refractivity contribution in [3.05, 3.63) is 70.0 Å². The van der Waals surface area contributed by atoms with Crippen molar-refractivity contribution < 1.29 is 17.7 Å². The van der Waals surface area contributed by atoms with Gasteiger partial charge in [-0.2, -0.15) is 18.4 Å². The summed E-state index contributed by atoms with van der Waals surface area (Å²) in [6.07, 6.45) is 0.939. The van der Waals surface area contributed by atoms with Crippen molar-refractivity contribution in [1.82, 2.24) is 4.83 Å². The van der Waals surface area contributed by atoms with Crippen LogP contribution >= 0.6 is 11.6 Å². The third kappa shape index (κ3) is 5.24. The van der Waals surface area contributed by atoms with E-state index in [0.29, 0.717) is 30.0 Å². The average Bonchev–Trinajstić information content (AvgIpc) is 2.63. The number of nitrogens with one attached hydrogen (secondary N) is 1. The topological polar surface area (TPSA) is 102 Å². The lowest BCUT2D eigenvalue weighted by Gasteiger charge is -2.08. The zero-order valence-corrected chi connectivity index (χ0v) is 15.0. The molecule has 0 unspecified atom stereocenters. The molecular formula is C16H15ClFN3O4S. The van der Waals surface area contributed by atoms with Crippen LogP contribution in [0.5, 0.6) is 0 Å². The van der Waals surface area contributed by atoms with Crippen LogP contribution in [0.4, 0.5) is 10.1 Å². The van der Waals surface area contributed by atoms with E-state index in [0.717, 1.165) is 24.3 Å². The van der Waals surface area contributed by atoms with E-state index in [1.165, 1.54) is 24.3 Å². The number of non-ortho nitro benzene ring substituents is 1. The lowest BCUT2D eigenvalue weighted by Crippen LogP contribution is -2.20. The minimum Gasteiger partial charge on any atom is -0.258 e. The van der Waals surface area contributed by atoms with Crippen molar-refractivity contribution in [2.24, 2.45) is 5.10 Å². The van der Waals surface area contributed by atoms with E-state index < -0.39 is 20.8 Å². The summed E-state index contributed by atoms with van der Waals surface area (Å²) >= 11 is 5.68. The highest BCUT2D eigenvalue weighted by atomic mass is 35.5. The molecule has 0 radical (unpaired) electrons. The molecule has 0 saturated carbocycles. The van der Waals surface area contributed by atoms with Crippen molar-refractivity contribution in [1.29, 1.82) is 0 Å². The Balaban J connectivity index is 2.25. The normalized spacial score (nSPS) is 12.0. The van der Waals surface area contributed by atoms with E-state index in [4.69, 9.17) is 11.6 Å². The first-order chi connectivity index (χ1) is 12.3. The van der Waals surface area contributed by atoms with E-state index in [1.54, 1.807) is 0 Å². The summed E-state index contributed by atoms with van der Waals surface area (Å²) in [6.45, 7) is 0. The maximum Gasteiger partial charge on any atom is 0.276 e. The van der Waals surface area contributed by atoms with E-state index in [-0.39, 0.29) is 10.6 Å². The number of rotatable bonds is 8. The van der Waals surface area contributed by atoms with Gasteiger partial charge in [0, 0.05) is 18.0 Å². The van der Waals surface area contributed by atoms with E-state index in [1.807, 2.05) is 0 Å². The van der Waals surface area contributed by atoms with E-state index in [9.17, 15) is 22.9 Å². The minimum atomic E-state index is -4.01. The summed E-state index contributed by atoms with van der Waals surface area (Å²) in [4.78, 5) is 12.0. The third-order valence-corrected chi connectivity index (χ3v) is 4.87.